The highest BCUT2D eigenvalue weighted by Crippen LogP contribution is 2.35. The third kappa shape index (κ3) is 5.09. The molecule has 0 unspecified atom stereocenters. The summed E-state index contributed by atoms with van der Waals surface area (Å²) in [5, 5.41) is 0. The number of hydrogen-bond donors (Lipinski definition) is 0. The molecular formula is C27H34FN3O3. The van der Waals surface area contributed by atoms with Crippen LogP contribution in [0.3, 0.4) is 0 Å². The van der Waals surface area contributed by atoms with Gasteiger partial charge in [0.2, 0.25) is 11.8 Å². The van der Waals surface area contributed by atoms with Crippen molar-refractivity contribution in [3.05, 3.63) is 65.5 Å². The lowest BCUT2D eigenvalue weighted by molar-refractivity contribution is -0.149. The minimum atomic E-state index is -0.491. The zero-order valence-corrected chi connectivity index (χ0v) is 20.3. The third-order valence-electron chi connectivity index (χ3n) is 7.47. The van der Waals surface area contributed by atoms with E-state index in [4.69, 9.17) is 4.74 Å². The number of hydrogen-bond acceptors (Lipinski definition) is 4. The Bertz CT molecular complexity index is 1020. The molecule has 4 rings (SSSR count). The summed E-state index contributed by atoms with van der Waals surface area (Å²) in [5.41, 5.74) is 1.09. The van der Waals surface area contributed by atoms with E-state index in [1.165, 1.54) is 11.6 Å². The van der Waals surface area contributed by atoms with Crippen LogP contribution in [0.4, 0.5) is 4.39 Å². The lowest BCUT2D eigenvalue weighted by Gasteiger charge is -2.45. The van der Waals surface area contributed by atoms with Crippen molar-refractivity contribution < 1.29 is 18.7 Å². The smallest absolute Gasteiger partial charge is 0.228 e. The molecule has 0 saturated carbocycles. The molecule has 2 aliphatic heterocycles. The number of likely N-dealkylation sites (N-methyl/N-ethyl adjacent to an activating group) is 1. The maximum absolute atomic E-state index is 13.9. The largest absolute Gasteiger partial charge is 0.497 e. The van der Waals surface area contributed by atoms with Crippen LogP contribution in [0.2, 0.25) is 0 Å². The number of benzene rings is 2. The molecule has 0 N–H and O–H groups in total. The Kier molecular flexibility index (Phi) is 7.22. The van der Waals surface area contributed by atoms with Crippen LogP contribution in [0.15, 0.2) is 48.5 Å². The molecule has 7 heteroatoms. The molecule has 2 saturated heterocycles. The van der Waals surface area contributed by atoms with Gasteiger partial charge in [0.15, 0.2) is 0 Å². The molecule has 2 amide bonds. The number of rotatable bonds is 5. The molecule has 34 heavy (non-hydrogen) atoms. The lowest BCUT2D eigenvalue weighted by atomic mass is 9.78. The van der Waals surface area contributed by atoms with Gasteiger partial charge in [-0.3, -0.25) is 14.5 Å². The van der Waals surface area contributed by atoms with Crippen LogP contribution in [-0.2, 0) is 16.0 Å². The summed E-state index contributed by atoms with van der Waals surface area (Å²) in [7, 11) is 3.75. The summed E-state index contributed by atoms with van der Waals surface area (Å²) in [5.74, 6) is 0.549. The van der Waals surface area contributed by atoms with E-state index in [0.29, 0.717) is 44.6 Å². The van der Waals surface area contributed by atoms with Crippen molar-refractivity contribution in [3.8, 4) is 5.75 Å². The molecule has 182 valence electrons. The van der Waals surface area contributed by atoms with Crippen LogP contribution in [0.1, 0.15) is 36.9 Å². The van der Waals surface area contributed by atoms with Gasteiger partial charge in [0.1, 0.15) is 11.6 Å². The Morgan fingerprint density at radius 1 is 1.00 bits per heavy atom. The van der Waals surface area contributed by atoms with Crippen LogP contribution in [0, 0.1) is 11.2 Å². The Labute approximate surface area is 201 Å². The van der Waals surface area contributed by atoms with Crippen LogP contribution >= 0.6 is 0 Å². The fourth-order valence-corrected chi connectivity index (χ4v) is 5.01. The highest BCUT2D eigenvalue weighted by molar-refractivity contribution is 5.84. The Balaban J connectivity index is 1.37. The number of piperazine rings is 1. The average Bonchev–Trinajstić information content (AvgIpc) is 2.86. The summed E-state index contributed by atoms with van der Waals surface area (Å²) < 4.78 is 19.2. The monoisotopic (exact) mass is 467 g/mol. The second-order valence-electron chi connectivity index (χ2n) is 9.73. The van der Waals surface area contributed by atoms with Crippen LogP contribution < -0.4 is 4.74 Å². The van der Waals surface area contributed by atoms with Crippen LogP contribution in [0.5, 0.6) is 5.75 Å². The SMILES string of the molecule is COc1ccc([C@H]2CN(C(=O)C3(C)CCN(C(=O)Cc4ccccc4F)CC3)CCN2C)cc1. The first-order valence-corrected chi connectivity index (χ1v) is 12.0. The molecule has 0 aliphatic carbocycles. The molecule has 0 spiro atoms. The zero-order chi connectivity index (χ0) is 24.3. The van der Waals surface area contributed by atoms with Gasteiger partial charge in [-0.05, 0) is 49.2 Å². The molecule has 2 fully saturated rings. The minimum Gasteiger partial charge on any atom is -0.497 e. The summed E-state index contributed by atoms with van der Waals surface area (Å²) >= 11 is 0. The fourth-order valence-electron chi connectivity index (χ4n) is 5.01. The van der Waals surface area contributed by atoms with Gasteiger partial charge in [-0.2, -0.15) is 0 Å². The number of piperidine rings is 1. The first-order chi connectivity index (χ1) is 16.3. The van der Waals surface area contributed by atoms with Crippen molar-refractivity contribution in [1.82, 2.24) is 14.7 Å². The Morgan fingerprint density at radius 2 is 1.68 bits per heavy atom. The summed E-state index contributed by atoms with van der Waals surface area (Å²) in [6.45, 7) is 5.22. The first-order valence-electron chi connectivity index (χ1n) is 12.0. The standard InChI is InChI=1S/C27H34FN3O3/c1-27(12-14-30(15-13-27)25(32)18-21-6-4-5-7-23(21)28)26(33)31-17-16-29(2)24(19-31)20-8-10-22(34-3)11-9-20/h4-11,24H,12-19H2,1-3H3/t24-/m1/s1. The second-order valence-corrected chi connectivity index (χ2v) is 9.73. The van der Waals surface area contributed by atoms with Crippen molar-refractivity contribution >= 4 is 11.8 Å². The third-order valence-corrected chi connectivity index (χ3v) is 7.47. The van der Waals surface area contributed by atoms with Gasteiger partial charge in [-0.25, -0.2) is 4.39 Å². The lowest BCUT2D eigenvalue weighted by Crippen LogP contribution is -2.55. The molecule has 0 bridgehead atoms. The topological polar surface area (TPSA) is 53.1 Å². The van der Waals surface area contributed by atoms with E-state index < -0.39 is 5.41 Å². The molecular weight excluding hydrogens is 433 g/mol. The van der Waals surface area contributed by atoms with Gasteiger partial charge in [0.25, 0.3) is 0 Å². The molecule has 0 radical (unpaired) electrons. The van der Waals surface area contributed by atoms with Crippen molar-refractivity contribution in [2.75, 3.05) is 46.9 Å². The van der Waals surface area contributed by atoms with Crippen molar-refractivity contribution in [2.24, 2.45) is 5.41 Å². The molecule has 6 nitrogen and oxygen atoms in total. The van der Waals surface area contributed by atoms with E-state index >= 15 is 0 Å². The molecule has 2 aromatic carbocycles. The number of ether oxygens (including phenoxy) is 1. The summed E-state index contributed by atoms with van der Waals surface area (Å²) in [6, 6.07) is 14.6. The molecule has 2 aliphatic rings. The highest BCUT2D eigenvalue weighted by Gasteiger charge is 2.42. The quantitative estimate of drug-likeness (QED) is 0.675. The number of nitrogens with zero attached hydrogens (tertiary/aromatic N) is 3. The normalized spacial score (nSPS) is 20.8. The molecule has 0 aromatic heterocycles. The number of likely N-dealkylation sites (tertiary alicyclic amines) is 1. The van der Waals surface area contributed by atoms with Crippen molar-refractivity contribution in [2.45, 2.75) is 32.2 Å². The van der Waals surface area contributed by atoms with Gasteiger partial charge in [0.05, 0.1) is 19.6 Å². The van der Waals surface area contributed by atoms with E-state index in [0.717, 1.165) is 12.3 Å². The molecule has 2 heterocycles. The zero-order valence-electron chi connectivity index (χ0n) is 20.3. The predicted octanol–water partition coefficient (Wildman–Crippen LogP) is 3.52. The maximum Gasteiger partial charge on any atom is 0.228 e. The summed E-state index contributed by atoms with van der Waals surface area (Å²) in [4.78, 5) is 32.4. The van der Waals surface area contributed by atoms with Gasteiger partial charge in [-0.15, -0.1) is 0 Å². The van der Waals surface area contributed by atoms with Crippen molar-refractivity contribution in [3.63, 3.8) is 0 Å². The predicted molar refractivity (Wildman–Crippen MR) is 129 cm³/mol. The first kappa shape index (κ1) is 24.2. The Hall–Kier alpha value is -2.93. The maximum atomic E-state index is 13.9. The van der Waals surface area contributed by atoms with Crippen molar-refractivity contribution in [1.29, 1.82) is 0 Å². The number of carbonyl (C=O) groups is 2. The second kappa shape index (κ2) is 10.1. The summed E-state index contributed by atoms with van der Waals surface area (Å²) in [6.07, 6.45) is 1.29. The number of carbonyl (C=O) groups excluding carboxylic acids is 2. The van der Waals surface area contributed by atoms with Gasteiger partial charge in [-0.1, -0.05) is 37.3 Å². The number of methoxy groups -OCH3 is 1. The van der Waals surface area contributed by atoms with E-state index in [9.17, 15) is 14.0 Å². The van der Waals surface area contributed by atoms with Gasteiger partial charge in [0, 0.05) is 38.1 Å². The van der Waals surface area contributed by atoms with Crippen LogP contribution in [-0.4, -0.2) is 73.4 Å². The minimum absolute atomic E-state index is 0.0549. The Morgan fingerprint density at radius 3 is 2.32 bits per heavy atom. The highest BCUT2D eigenvalue weighted by atomic mass is 19.1. The average molecular weight is 468 g/mol. The number of halogens is 1. The van der Waals surface area contributed by atoms with E-state index in [1.807, 2.05) is 24.0 Å². The van der Waals surface area contributed by atoms with E-state index in [-0.39, 0.29) is 30.1 Å². The van der Waals surface area contributed by atoms with Crippen LogP contribution in [0.25, 0.3) is 0 Å². The van der Waals surface area contributed by atoms with Gasteiger partial charge >= 0.3 is 0 Å². The molecule has 2 aromatic rings. The fraction of sp³-hybridized carbons (Fsp3) is 0.481. The number of amides is 2. The van der Waals surface area contributed by atoms with Gasteiger partial charge < -0.3 is 14.5 Å². The molecule has 1 atom stereocenters. The van der Waals surface area contributed by atoms with E-state index in [2.05, 4.69) is 24.1 Å². The van der Waals surface area contributed by atoms with E-state index in [1.54, 1.807) is 30.2 Å².